The summed E-state index contributed by atoms with van der Waals surface area (Å²) >= 11 is 0. The second kappa shape index (κ2) is 8.16. The minimum Gasteiger partial charge on any atom is -0.444 e. The molecular formula is C17H34N2O3. The zero-order valence-corrected chi connectivity index (χ0v) is 14.9. The molecule has 22 heavy (non-hydrogen) atoms. The fraction of sp³-hybridized carbons (Fsp3) is 0.941. The molecule has 0 aromatic rings. The lowest BCUT2D eigenvalue weighted by atomic mass is 9.89. The Bertz CT molecular complexity index is 350. The highest BCUT2D eigenvalue weighted by atomic mass is 16.6. The molecule has 1 aliphatic heterocycles. The van der Waals surface area contributed by atoms with E-state index in [4.69, 9.17) is 9.84 Å². The maximum atomic E-state index is 12.3. The van der Waals surface area contributed by atoms with Crippen LogP contribution in [0.4, 0.5) is 4.79 Å². The molecule has 1 heterocycles. The molecule has 0 aromatic heterocycles. The molecule has 1 aliphatic rings. The first-order valence-electron chi connectivity index (χ1n) is 8.46. The topological polar surface area (TPSA) is 61.8 Å². The van der Waals surface area contributed by atoms with Crippen LogP contribution in [0.25, 0.3) is 0 Å². The maximum absolute atomic E-state index is 12.3. The number of aliphatic hydroxyl groups excluding tert-OH is 1. The van der Waals surface area contributed by atoms with Crippen molar-refractivity contribution < 1.29 is 14.6 Å². The van der Waals surface area contributed by atoms with Crippen LogP contribution >= 0.6 is 0 Å². The molecule has 5 nitrogen and oxygen atoms in total. The van der Waals surface area contributed by atoms with E-state index in [0.29, 0.717) is 0 Å². The van der Waals surface area contributed by atoms with E-state index in [2.05, 4.69) is 19.2 Å². The van der Waals surface area contributed by atoms with Gasteiger partial charge in [-0.05, 0) is 51.9 Å². The summed E-state index contributed by atoms with van der Waals surface area (Å²) in [4.78, 5) is 14.2. The lowest BCUT2D eigenvalue weighted by molar-refractivity contribution is 0.00973. The van der Waals surface area contributed by atoms with Crippen molar-refractivity contribution in [2.24, 2.45) is 5.41 Å². The van der Waals surface area contributed by atoms with Crippen LogP contribution < -0.4 is 5.32 Å². The van der Waals surface area contributed by atoms with Gasteiger partial charge in [-0.15, -0.1) is 0 Å². The summed E-state index contributed by atoms with van der Waals surface area (Å²) in [5.74, 6) is 0. The number of hydrogen-bond donors (Lipinski definition) is 2. The van der Waals surface area contributed by atoms with Gasteiger partial charge >= 0.3 is 6.09 Å². The van der Waals surface area contributed by atoms with Crippen molar-refractivity contribution in [3.8, 4) is 0 Å². The highest BCUT2D eigenvalue weighted by Gasteiger charge is 2.30. The van der Waals surface area contributed by atoms with Crippen molar-refractivity contribution >= 4 is 6.09 Å². The van der Waals surface area contributed by atoms with Crippen LogP contribution in [0.5, 0.6) is 0 Å². The molecule has 0 radical (unpaired) electrons. The first kappa shape index (κ1) is 19.2. The van der Waals surface area contributed by atoms with Crippen molar-refractivity contribution in [1.29, 1.82) is 0 Å². The highest BCUT2D eigenvalue weighted by Crippen LogP contribution is 2.21. The summed E-state index contributed by atoms with van der Waals surface area (Å²) in [6.45, 7) is 12.6. The molecule has 0 spiro atoms. The first-order chi connectivity index (χ1) is 10.1. The summed E-state index contributed by atoms with van der Waals surface area (Å²) in [6.07, 6.45) is 3.80. The largest absolute Gasteiger partial charge is 0.444 e. The van der Waals surface area contributed by atoms with Crippen molar-refractivity contribution in [2.75, 3.05) is 26.2 Å². The van der Waals surface area contributed by atoms with Crippen molar-refractivity contribution in [3.05, 3.63) is 0 Å². The molecule has 0 saturated carbocycles. The average Bonchev–Trinajstić information content (AvgIpc) is 2.36. The van der Waals surface area contributed by atoms with Crippen LogP contribution in [0.1, 0.15) is 60.3 Å². The van der Waals surface area contributed by atoms with Gasteiger partial charge < -0.3 is 20.1 Å². The minimum atomic E-state index is -0.449. The van der Waals surface area contributed by atoms with Crippen molar-refractivity contribution in [2.45, 2.75) is 71.9 Å². The van der Waals surface area contributed by atoms with Gasteiger partial charge in [-0.3, -0.25) is 0 Å². The lowest BCUT2D eigenvalue weighted by Crippen LogP contribution is -2.50. The van der Waals surface area contributed by atoms with E-state index >= 15 is 0 Å². The smallest absolute Gasteiger partial charge is 0.410 e. The normalized spacial score (nSPS) is 20.1. The summed E-state index contributed by atoms with van der Waals surface area (Å²) in [5, 5.41) is 12.5. The van der Waals surface area contributed by atoms with E-state index in [9.17, 15) is 4.79 Å². The SMILES string of the molecule is CC(C)(CCO)CNCC1CCCCN1C(=O)OC(C)(C)C. The molecule has 1 atom stereocenters. The summed E-state index contributed by atoms with van der Waals surface area (Å²) in [7, 11) is 0. The van der Waals surface area contributed by atoms with Crippen LogP contribution in [0, 0.1) is 5.41 Å². The first-order valence-corrected chi connectivity index (χ1v) is 8.46. The molecule has 1 fully saturated rings. The Hall–Kier alpha value is -0.810. The van der Waals surface area contributed by atoms with Crippen LogP contribution in [-0.2, 0) is 4.74 Å². The number of carbonyl (C=O) groups excluding carboxylic acids is 1. The van der Waals surface area contributed by atoms with Gasteiger partial charge in [0.05, 0.1) is 0 Å². The number of rotatable bonds is 6. The number of hydrogen-bond acceptors (Lipinski definition) is 4. The number of nitrogens with zero attached hydrogens (tertiary/aromatic N) is 1. The van der Waals surface area contributed by atoms with E-state index in [1.54, 1.807) is 0 Å². The standard InChI is InChI=1S/C17H34N2O3/c1-16(2,3)22-15(21)19-10-7-6-8-14(19)12-18-13-17(4,5)9-11-20/h14,18,20H,6-13H2,1-5H3. The number of carbonyl (C=O) groups is 1. The molecular weight excluding hydrogens is 280 g/mol. The maximum Gasteiger partial charge on any atom is 0.410 e. The molecule has 0 aliphatic carbocycles. The Morgan fingerprint density at radius 3 is 2.55 bits per heavy atom. The molecule has 1 saturated heterocycles. The number of likely N-dealkylation sites (tertiary alicyclic amines) is 1. The monoisotopic (exact) mass is 314 g/mol. The predicted molar refractivity (Wildman–Crippen MR) is 88.9 cm³/mol. The van der Waals surface area contributed by atoms with Crippen molar-refractivity contribution in [1.82, 2.24) is 10.2 Å². The van der Waals surface area contributed by atoms with E-state index in [-0.39, 0.29) is 24.2 Å². The van der Waals surface area contributed by atoms with Crippen LogP contribution in [0.15, 0.2) is 0 Å². The quantitative estimate of drug-likeness (QED) is 0.791. The summed E-state index contributed by atoms with van der Waals surface area (Å²) in [5.41, 5.74) is -0.379. The van der Waals surface area contributed by atoms with E-state index < -0.39 is 5.60 Å². The van der Waals surface area contributed by atoms with E-state index in [0.717, 1.165) is 45.3 Å². The van der Waals surface area contributed by atoms with Crippen molar-refractivity contribution in [3.63, 3.8) is 0 Å². The molecule has 2 N–H and O–H groups in total. The van der Waals surface area contributed by atoms with Gasteiger partial charge in [-0.25, -0.2) is 4.79 Å². The Morgan fingerprint density at radius 2 is 1.95 bits per heavy atom. The third kappa shape index (κ3) is 6.97. The van der Waals surface area contributed by atoms with Gasteiger partial charge in [0, 0.05) is 32.3 Å². The molecule has 1 rings (SSSR count). The molecule has 5 heteroatoms. The van der Waals surface area contributed by atoms with Gasteiger partial charge in [0.25, 0.3) is 0 Å². The van der Waals surface area contributed by atoms with Gasteiger partial charge in [-0.2, -0.15) is 0 Å². The van der Waals surface area contributed by atoms with E-state index in [1.165, 1.54) is 0 Å². The van der Waals surface area contributed by atoms with Crippen LogP contribution in [0.2, 0.25) is 0 Å². The third-order valence-corrected chi connectivity index (χ3v) is 4.03. The minimum absolute atomic E-state index is 0.0696. The average molecular weight is 314 g/mol. The zero-order valence-electron chi connectivity index (χ0n) is 14.9. The third-order valence-electron chi connectivity index (χ3n) is 4.03. The van der Waals surface area contributed by atoms with Gasteiger partial charge in [-0.1, -0.05) is 13.8 Å². The highest BCUT2D eigenvalue weighted by molar-refractivity contribution is 5.68. The molecule has 0 aromatic carbocycles. The Labute approximate surface area is 135 Å². The number of piperidine rings is 1. The van der Waals surface area contributed by atoms with Gasteiger partial charge in [0.15, 0.2) is 0 Å². The molecule has 130 valence electrons. The van der Waals surface area contributed by atoms with Gasteiger partial charge in [0.2, 0.25) is 0 Å². The second-order valence-electron chi connectivity index (χ2n) is 8.09. The second-order valence-corrected chi connectivity index (χ2v) is 8.09. The molecule has 1 unspecified atom stereocenters. The lowest BCUT2D eigenvalue weighted by Gasteiger charge is -2.37. The summed E-state index contributed by atoms with van der Waals surface area (Å²) < 4.78 is 5.52. The van der Waals surface area contributed by atoms with E-state index in [1.807, 2.05) is 25.7 Å². The molecule has 0 bridgehead atoms. The number of ether oxygens (including phenoxy) is 1. The van der Waals surface area contributed by atoms with Crippen LogP contribution in [-0.4, -0.2) is 54.0 Å². The Balaban J connectivity index is 2.50. The zero-order chi connectivity index (χ0) is 16.8. The number of nitrogens with one attached hydrogen (secondary N) is 1. The number of aliphatic hydroxyl groups is 1. The number of amides is 1. The Morgan fingerprint density at radius 1 is 1.27 bits per heavy atom. The molecule has 1 amide bonds. The van der Waals surface area contributed by atoms with Crippen LogP contribution in [0.3, 0.4) is 0 Å². The predicted octanol–water partition coefficient (Wildman–Crippen LogP) is 2.77. The van der Waals surface area contributed by atoms with Gasteiger partial charge in [0.1, 0.15) is 5.60 Å². The summed E-state index contributed by atoms with van der Waals surface area (Å²) in [6, 6.07) is 0.202. The Kier molecular flexibility index (Phi) is 7.13. The fourth-order valence-electron chi connectivity index (χ4n) is 2.74. The fourth-order valence-corrected chi connectivity index (χ4v) is 2.74.